The standard InChI is InChI=1S/C19H15F3N2O2S/c20-13-7-8-16(22)18(12-13)27(25,26)24-11-10-23-9-3-6-17(23)19(24)14-4-1-2-5-15(14)21/h1-9,12,19H,10-11H2/t19-/m1/s1. The van der Waals surface area contributed by atoms with Crippen LogP contribution in [0.25, 0.3) is 0 Å². The van der Waals surface area contributed by atoms with Crippen LogP contribution in [0.15, 0.2) is 65.7 Å². The molecule has 1 aromatic heterocycles. The molecule has 0 bridgehead atoms. The maximum absolute atomic E-state index is 14.5. The van der Waals surface area contributed by atoms with E-state index in [-0.39, 0.29) is 12.1 Å². The van der Waals surface area contributed by atoms with Gasteiger partial charge in [0.05, 0.1) is 6.04 Å². The molecule has 8 heteroatoms. The number of fused-ring (bicyclic) bond motifs is 1. The van der Waals surface area contributed by atoms with Crippen LogP contribution in [0.4, 0.5) is 13.2 Å². The number of hydrogen-bond donors (Lipinski definition) is 0. The van der Waals surface area contributed by atoms with Gasteiger partial charge in [0.25, 0.3) is 0 Å². The van der Waals surface area contributed by atoms with Gasteiger partial charge in [0.1, 0.15) is 22.3 Å². The second kappa shape index (κ2) is 6.54. The van der Waals surface area contributed by atoms with Crippen molar-refractivity contribution < 1.29 is 21.6 Å². The molecule has 0 radical (unpaired) electrons. The fraction of sp³-hybridized carbons (Fsp3) is 0.158. The van der Waals surface area contributed by atoms with Gasteiger partial charge in [-0.2, -0.15) is 4.31 Å². The van der Waals surface area contributed by atoms with E-state index in [1.165, 1.54) is 18.2 Å². The summed E-state index contributed by atoms with van der Waals surface area (Å²) in [5.74, 6) is -2.49. The first-order valence-electron chi connectivity index (χ1n) is 8.26. The topological polar surface area (TPSA) is 42.3 Å². The molecule has 0 saturated carbocycles. The number of benzene rings is 2. The molecule has 27 heavy (non-hydrogen) atoms. The van der Waals surface area contributed by atoms with Gasteiger partial charge in [-0.3, -0.25) is 0 Å². The predicted octanol–water partition coefficient (Wildman–Crippen LogP) is 3.70. The largest absolute Gasteiger partial charge is 0.348 e. The van der Waals surface area contributed by atoms with Gasteiger partial charge in [-0.15, -0.1) is 0 Å². The highest BCUT2D eigenvalue weighted by molar-refractivity contribution is 7.89. The van der Waals surface area contributed by atoms with Gasteiger partial charge in [-0.05, 0) is 36.4 Å². The van der Waals surface area contributed by atoms with E-state index in [9.17, 15) is 21.6 Å². The molecule has 2 aromatic carbocycles. The van der Waals surface area contributed by atoms with E-state index in [1.807, 2.05) is 4.57 Å². The van der Waals surface area contributed by atoms with Crippen LogP contribution in [0.3, 0.4) is 0 Å². The monoisotopic (exact) mass is 392 g/mol. The summed E-state index contributed by atoms with van der Waals surface area (Å²) in [6, 6.07) is 10.6. The van der Waals surface area contributed by atoms with Crippen molar-refractivity contribution in [2.75, 3.05) is 6.54 Å². The first kappa shape index (κ1) is 17.8. The first-order valence-corrected chi connectivity index (χ1v) is 9.70. The summed E-state index contributed by atoms with van der Waals surface area (Å²) in [6.07, 6.45) is 1.77. The molecule has 1 aliphatic heterocycles. The summed E-state index contributed by atoms with van der Waals surface area (Å²) >= 11 is 0. The number of rotatable bonds is 3. The fourth-order valence-corrected chi connectivity index (χ4v) is 5.08. The van der Waals surface area contributed by atoms with Crippen LogP contribution < -0.4 is 0 Å². The molecule has 0 spiro atoms. The molecule has 0 aliphatic carbocycles. The number of sulfonamides is 1. The normalized spacial score (nSPS) is 17.7. The van der Waals surface area contributed by atoms with Crippen LogP contribution in [0.1, 0.15) is 17.3 Å². The number of halogens is 3. The van der Waals surface area contributed by atoms with Crippen LogP contribution in [0, 0.1) is 17.5 Å². The summed E-state index contributed by atoms with van der Waals surface area (Å²) in [4.78, 5) is -0.760. The SMILES string of the molecule is O=S(=O)(c1cc(F)ccc1F)N1CCn2cccc2[C@H]1c1ccccc1F. The quantitative estimate of drug-likeness (QED) is 0.682. The Labute approximate surface area is 154 Å². The maximum Gasteiger partial charge on any atom is 0.247 e. The summed E-state index contributed by atoms with van der Waals surface area (Å²) in [6.45, 7) is 0.322. The average Bonchev–Trinajstić information content (AvgIpc) is 3.12. The number of aromatic nitrogens is 1. The molecule has 1 aliphatic rings. The lowest BCUT2D eigenvalue weighted by molar-refractivity contribution is 0.292. The summed E-state index contributed by atoms with van der Waals surface area (Å²) in [5, 5.41) is 0. The highest BCUT2D eigenvalue weighted by Crippen LogP contribution is 2.38. The zero-order chi connectivity index (χ0) is 19.2. The Morgan fingerprint density at radius 2 is 1.67 bits per heavy atom. The molecule has 4 nitrogen and oxygen atoms in total. The Kier molecular flexibility index (Phi) is 4.32. The minimum Gasteiger partial charge on any atom is -0.348 e. The molecule has 0 unspecified atom stereocenters. The van der Waals surface area contributed by atoms with Crippen molar-refractivity contribution in [3.05, 3.63) is 89.5 Å². The molecule has 4 rings (SSSR count). The van der Waals surface area contributed by atoms with Crippen molar-refractivity contribution in [3.8, 4) is 0 Å². The molecule has 140 valence electrons. The van der Waals surface area contributed by atoms with Crippen molar-refractivity contribution in [2.24, 2.45) is 0 Å². The Hall–Kier alpha value is -2.58. The van der Waals surface area contributed by atoms with E-state index >= 15 is 0 Å². The second-order valence-electron chi connectivity index (χ2n) is 6.24. The van der Waals surface area contributed by atoms with Crippen LogP contribution in [0.2, 0.25) is 0 Å². The predicted molar refractivity (Wildman–Crippen MR) is 92.9 cm³/mol. The first-order chi connectivity index (χ1) is 12.9. The molecule has 0 fully saturated rings. The van der Waals surface area contributed by atoms with Crippen molar-refractivity contribution in [2.45, 2.75) is 17.5 Å². The lowest BCUT2D eigenvalue weighted by atomic mass is 10.0. The molecule has 0 N–H and O–H groups in total. The molecule has 0 amide bonds. The van der Waals surface area contributed by atoms with Crippen LogP contribution in [-0.2, 0) is 16.6 Å². The third kappa shape index (κ3) is 2.94. The summed E-state index contributed by atoms with van der Waals surface area (Å²) < 4.78 is 71.5. The Bertz CT molecular complexity index is 1110. The van der Waals surface area contributed by atoms with Crippen molar-refractivity contribution in [1.29, 1.82) is 0 Å². The van der Waals surface area contributed by atoms with Gasteiger partial charge in [-0.1, -0.05) is 18.2 Å². The van der Waals surface area contributed by atoms with Gasteiger partial charge in [0, 0.05) is 30.5 Å². The van der Waals surface area contributed by atoms with E-state index in [2.05, 4.69) is 0 Å². The van der Waals surface area contributed by atoms with Gasteiger partial charge in [-0.25, -0.2) is 21.6 Å². The maximum atomic E-state index is 14.5. The highest BCUT2D eigenvalue weighted by atomic mass is 32.2. The Morgan fingerprint density at radius 3 is 2.44 bits per heavy atom. The van der Waals surface area contributed by atoms with Gasteiger partial charge in [0.2, 0.25) is 10.0 Å². The fourth-order valence-electron chi connectivity index (χ4n) is 3.43. The van der Waals surface area contributed by atoms with E-state index < -0.39 is 38.4 Å². The van der Waals surface area contributed by atoms with E-state index in [4.69, 9.17) is 0 Å². The van der Waals surface area contributed by atoms with E-state index in [0.717, 1.165) is 16.4 Å². The summed E-state index contributed by atoms with van der Waals surface area (Å²) in [5.41, 5.74) is 0.712. The van der Waals surface area contributed by atoms with Crippen LogP contribution in [0.5, 0.6) is 0 Å². The van der Waals surface area contributed by atoms with Gasteiger partial charge >= 0.3 is 0 Å². The van der Waals surface area contributed by atoms with E-state index in [0.29, 0.717) is 18.3 Å². The highest BCUT2D eigenvalue weighted by Gasteiger charge is 2.39. The van der Waals surface area contributed by atoms with Gasteiger partial charge in [0.15, 0.2) is 0 Å². The zero-order valence-corrected chi connectivity index (χ0v) is 14.8. The van der Waals surface area contributed by atoms with Crippen molar-refractivity contribution in [3.63, 3.8) is 0 Å². The molecule has 0 saturated heterocycles. The smallest absolute Gasteiger partial charge is 0.247 e. The molecule has 3 aromatic rings. The minimum atomic E-state index is -4.41. The lowest BCUT2D eigenvalue weighted by Crippen LogP contribution is -2.42. The lowest BCUT2D eigenvalue weighted by Gasteiger charge is -2.36. The zero-order valence-electron chi connectivity index (χ0n) is 14.0. The number of nitrogens with zero attached hydrogens (tertiary/aromatic N) is 2. The molecular weight excluding hydrogens is 377 g/mol. The minimum absolute atomic E-state index is 0.00102. The van der Waals surface area contributed by atoms with Gasteiger partial charge < -0.3 is 4.57 Å². The molecule has 1 atom stereocenters. The molecular formula is C19H15F3N2O2S. The summed E-state index contributed by atoms with van der Waals surface area (Å²) in [7, 11) is -4.41. The molecule has 2 heterocycles. The van der Waals surface area contributed by atoms with Crippen LogP contribution >= 0.6 is 0 Å². The van der Waals surface area contributed by atoms with Crippen molar-refractivity contribution >= 4 is 10.0 Å². The average molecular weight is 392 g/mol. The third-order valence-electron chi connectivity index (χ3n) is 4.67. The number of hydrogen-bond acceptors (Lipinski definition) is 2. The third-order valence-corrected chi connectivity index (χ3v) is 6.55. The van der Waals surface area contributed by atoms with E-state index in [1.54, 1.807) is 24.4 Å². The Balaban J connectivity index is 1.91. The Morgan fingerprint density at radius 1 is 0.889 bits per heavy atom. The van der Waals surface area contributed by atoms with Crippen molar-refractivity contribution in [1.82, 2.24) is 8.87 Å². The second-order valence-corrected chi connectivity index (χ2v) is 8.10. The van der Waals surface area contributed by atoms with Crippen LogP contribution in [-0.4, -0.2) is 23.8 Å².